The smallest absolute Gasteiger partial charge is 0.409 e. The highest BCUT2D eigenvalue weighted by atomic mass is 16.6. The highest BCUT2D eigenvalue weighted by Crippen LogP contribution is 2.21. The third-order valence-electron chi connectivity index (χ3n) is 5.63. The third kappa shape index (κ3) is 4.80. The van der Waals surface area contributed by atoms with Crippen LogP contribution in [0.1, 0.15) is 36.1 Å². The number of rotatable bonds is 6. The van der Waals surface area contributed by atoms with Crippen LogP contribution in [0.2, 0.25) is 0 Å². The van der Waals surface area contributed by atoms with Gasteiger partial charge in [-0.15, -0.1) is 0 Å². The Kier molecular flexibility index (Phi) is 6.66. The molecule has 12 heteroatoms. The normalized spacial score (nSPS) is 14.7. The zero-order valence-corrected chi connectivity index (χ0v) is 19.3. The van der Waals surface area contributed by atoms with Crippen molar-refractivity contribution >= 4 is 23.6 Å². The molecular weight excluding hydrogens is 442 g/mol. The van der Waals surface area contributed by atoms with Gasteiger partial charge in [-0.1, -0.05) is 0 Å². The van der Waals surface area contributed by atoms with Crippen molar-refractivity contribution in [2.45, 2.75) is 26.8 Å². The Morgan fingerprint density at radius 3 is 2.65 bits per heavy atom. The van der Waals surface area contributed by atoms with Gasteiger partial charge < -0.3 is 24.3 Å². The summed E-state index contributed by atoms with van der Waals surface area (Å²) in [5.41, 5.74) is 1.84. The number of H-pyrrole nitrogens is 1. The molecule has 0 radical (unpaired) electrons. The van der Waals surface area contributed by atoms with Gasteiger partial charge in [0.25, 0.3) is 5.91 Å². The Hall–Kier alpha value is -4.09. The monoisotopic (exact) mass is 469 g/mol. The first-order chi connectivity index (χ1) is 16.4. The fraction of sp³-hybridized carbons (Fsp3) is 0.409. The molecule has 2 N–H and O–H groups in total. The van der Waals surface area contributed by atoms with Crippen molar-refractivity contribution < 1.29 is 23.5 Å². The predicted molar refractivity (Wildman–Crippen MR) is 121 cm³/mol. The molecule has 0 saturated carbocycles. The minimum atomic E-state index is -0.575. The average Bonchev–Trinajstić information content (AvgIpc) is 3.60. The molecule has 34 heavy (non-hydrogen) atoms. The molecule has 3 aromatic heterocycles. The third-order valence-corrected chi connectivity index (χ3v) is 5.63. The molecular formula is C22H27N7O5. The van der Waals surface area contributed by atoms with Gasteiger partial charge in [-0.2, -0.15) is 10.2 Å². The van der Waals surface area contributed by atoms with Gasteiger partial charge in [0, 0.05) is 38.4 Å². The van der Waals surface area contributed by atoms with E-state index >= 15 is 0 Å². The number of nitrogens with zero attached hydrogens (tertiary/aromatic N) is 5. The van der Waals surface area contributed by atoms with E-state index in [2.05, 4.69) is 20.6 Å². The predicted octanol–water partition coefficient (Wildman–Crippen LogP) is 2.29. The van der Waals surface area contributed by atoms with E-state index in [1.165, 1.54) is 10.9 Å². The largest absolute Gasteiger partial charge is 0.463 e. The number of ether oxygens (including phenoxy) is 1. The van der Waals surface area contributed by atoms with E-state index in [1.54, 1.807) is 55.0 Å². The molecule has 0 bridgehead atoms. The van der Waals surface area contributed by atoms with Crippen LogP contribution in [0.3, 0.4) is 0 Å². The molecule has 3 amide bonds. The molecule has 3 aromatic rings. The van der Waals surface area contributed by atoms with E-state index in [4.69, 9.17) is 9.15 Å². The van der Waals surface area contributed by atoms with Crippen molar-refractivity contribution in [3.8, 4) is 11.5 Å². The van der Waals surface area contributed by atoms with Crippen LogP contribution in [0.15, 0.2) is 35.1 Å². The Morgan fingerprint density at radius 2 is 1.97 bits per heavy atom. The lowest BCUT2D eigenvalue weighted by atomic mass is 10.2. The maximum atomic E-state index is 13.0. The lowest BCUT2D eigenvalue weighted by Crippen LogP contribution is -2.52. The first-order valence-corrected chi connectivity index (χ1v) is 11.0. The van der Waals surface area contributed by atoms with Crippen molar-refractivity contribution in [3.05, 3.63) is 42.0 Å². The molecule has 0 aliphatic carbocycles. The molecule has 1 saturated heterocycles. The molecule has 1 unspecified atom stereocenters. The number of carbonyl (C=O) groups excluding carboxylic acids is 3. The van der Waals surface area contributed by atoms with Crippen LogP contribution in [0, 0.1) is 6.92 Å². The van der Waals surface area contributed by atoms with Crippen molar-refractivity contribution in [1.29, 1.82) is 0 Å². The van der Waals surface area contributed by atoms with Crippen molar-refractivity contribution in [3.63, 3.8) is 0 Å². The van der Waals surface area contributed by atoms with Gasteiger partial charge >= 0.3 is 6.09 Å². The zero-order valence-electron chi connectivity index (χ0n) is 19.3. The minimum Gasteiger partial charge on any atom is -0.463 e. The second-order valence-electron chi connectivity index (χ2n) is 7.89. The van der Waals surface area contributed by atoms with Crippen LogP contribution in [0.4, 0.5) is 10.5 Å². The fourth-order valence-electron chi connectivity index (χ4n) is 3.69. The number of carbonyl (C=O) groups is 3. The molecule has 0 aromatic carbocycles. The molecule has 1 aliphatic heterocycles. The van der Waals surface area contributed by atoms with E-state index in [9.17, 15) is 14.4 Å². The summed E-state index contributed by atoms with van der Waals surface area (Å²) in [4.78, 5) is 40.8. The number of piperazine rings is 1. The fourth-order valence-corrected chi connectivity index (χ4v) is 3.69. The van der Waals surface area contributed by atoms with Gasteiger partial charge in [0.2, 0.25) is 5.91 Å². The maximum absolute atomic E-state index is 13.0. The van der Waals surface area contributed by atoms with Gasteiger partial charge in [0.05, 0.1) is 24.3 Å². The van der Waals surface area contributed by atoms with Gasteiger partial charge in [0.1, 0.15) is 11.7 Å². The van der Waals surface area contributed by atoms with E-state index in [0.29, 0.717) is 55.6 Å². The molecule has 1 atom stereocenters. The quantitative estimate of drug-likeness (QED) is 0.565. The first kappa shape index (κ1) is 23.1. The van der Waals surface area contributed by atoms with Crippen molar-refractivity contribution in [1.82, 2.24) is 29.8 Å². The van der Waals surface area contributed by atoms with Crippen LogP contribution in [-0.2, 0) is 9.53 Å². The average molecular weight is 470 g/mol. The van der Waals surface area contributed by atoms with Crippen molar-refractivity contribution in [2.24, 2.45) is 0 Å². The standard InChI is InChI=1S/C22H27N7O5/c1-4-33-22(32)28-9-7-27(8-10-28)21(31)15(3)29-13-18(14(2)26-29)23-20(30)17-12-16(24-25-17)19-6-5-11-34-19/h5-6,11-13,15H,4,7-10H2,1-3H3,(H,23,30)(H,24,25). The first-order valence-electron chi connectivity index (χ1n) is 11.0. The van der Waals surface area contributed by atoms with Crippen LogP contribution in [0.25, 0.3) is 11.5 Å². The second-order valence-corrected chi connectivity index (χ2v) is 7.89. The lowest BCUT2D eigenvalue weighted by molar-refractivity contribution is -0.136. The number of hydrogen-bond acceptors (Lipinski definition) is 7. The highest BCUT2D eigenvalue weighted by Gasteiger charge is 2.29. The molecule has 4 heterocycles. The Morgan fingerprint density at radius 1 is 1.24 bits per heavy atom. The molecule has 1 aliphatic rings. The number of furan rings is 1. The van der Waals surface area contributed by atoms with Crippen LogP contribution >= 0.6 is 0 Å². The van der Waals surface area contributed by atoms with Crippen molar-refractivity contribution in [2.75, 3.05) is 38.1 Å². The Balaban J connectivity index is 1.37. The number of hydrogen-bond donors (Lipinski definition) is 2. The summed E-state index contributed by atoms with van der Waals surface area (Å²) in [6.07, 6.45) is 2.81. The lowest BCUT2D eigenvalue weighted by Gasteiger charge is -2.35. The summed E-state index contributed by atoms with van der Waals surface area (Å²) in [6, 6.07) is 4.53. The molecule has 12 nitrogen and oxygen atoms in total. The number of aromatic nitrogens is 4. The zero-order chi connectivity index (χ0) is 24.2. The van der Waals surface area contributed by atoms with E-state index in [-0.39, 0.29) is 17.7 Å². The van der Waals surface area contributed by atoms with Crippen LogP contribution in [0.5, 0.6) is 0 Å². The SMILES string of the molecule is CCOC(=O)N1CCN(C(=O)C(C)n2cc(NC(=O)c3cc(-c4ccco4)[nH]n3)c(C)n2)CC1. The summed E-state index contributed by atoms with van der Waals surface area (Å²) in [5, 5.41) is 14.0. The summed E-state index contributed by atoms with van der Waals surface area (Å²) in [5.74, 6) is 0.0519. The van der Waals surface area contributed by atoms with E-state index < -0.39 is 11.9 Å². The highest BCUT2D eigenvalue weighted by molar-refractivity contribution is 6.03. The molecule has 4 rings (SSSR count). The number of aromatic amines is 1. The topological polar surface area (TPSA) is 139 Å². The molecule has 1 fully saturated rings. The molecule has 180 valence electrons. The molecule has 0 spiro atoms. The second kappa shape index (κ2) is 9.81. The summed E-state index contributed by atoms with van der Waals surface area (Å²) < 4.78 is 11.9. The van der Waals surface area contributed by atoms with Gasteiger partial charge in [-0.25, -0.2) is 4.79 Å². The van der Waals surface area contributed by atoms with Gasteiger partial charge in [0.15, 0.2) is 11.5 Å². The summed E-state index contributed by atoms with van der Waals surface area (Å²) in [7, 11) is 0. The summed E-state index contributed by atoms with van der Waals surface area (Å²) in [6.45, 7) is 7.25. The van der Waals surface area contributed by atoms with Crippen LogP contribution in [-0.4, -0.2) is 80.5 Å². The van der Waals surface area contributed by atoms with E-state index in [0.717, 1.165) is 0 Å². The summed E-state index contributed by atoms with van der Waals surface area (Å²) >= 11 is 0. The Labute approximate surface area is 195 Å². The number of nitrogens with one attached hydrogen (secondary N) is 2. The number of anilines is 1. The van der Waals surface area contributed by atoms with Gasteiger partial charge in [-0.05, 0) is 32.9 Å². The number of amides is 3. The maximum Gasteiger partial charge on any atom is 0.409 e. The van der Waals surface area contributed by atoms with Gasteiger partial charge in [-0.3, -0.25) is 19.4 Å². The minimum absolute atomic E-state index is 0.112. The Bertz CT molecular complexity index is 1160. The van der Waals surface area contributed by atoms with Crippen LogP contribution < -0.4 is 5.32 Å². The number of aryl methyl sites for hydroxylation is 1. The van der Waals surface area contributed by atoms with E-state index in [1.807, 2.05) is 0 Å².